The molecule has 198 valence electrons. The second-order valence-corrected chi connectivity index (χ2v) is 10.0. The second kappa shape index (κ2) is 11.6. The van der Waals surface area contributed by atoms with E-state index in [4.69, 9.17) is 11.6 Å². The van der Waals surface area contributed by atoms with E-state index in [0.29, 0.717) is 28.3 Å². The maximum absolute atomic E-state index is 13.7. The van der Waals surface area contributed by atoms with E-state index < -0.39 is 6.04 Å². The van der Waals surface area contributed by atoms with E-state index in [1.54, 1.807) is 24.3 Å². The predicted octanol–water partition coefficient (Wildman–Crippen LogP) is 4.79. The molecule has 4 amide bonds. The molecule has 2 aliphatic heterocycles. The molecule has 0 aromatic heterocycles. The highest BCUT2D eigenvalue weighted by atomic mass is 35.5. The Labute approximate surface area is 232 Å². The Morgan fingerprint density at radius 1 is 1.05 bits per heavy atom. The van der Waals surface area contributed by atoms with Crippen LogP contribution in [0.3, 0.4) is 0 Å². The number of rotatable bonds is 9. The van der Waals surface area contributed by atoms with Crippen LogP contribution in [0, 0.1) is 0 Å². The molecule has 3 aromatic rings. The third-order valence-electron chi connectivity index (χ3n) is 6.94. The fourth-order valence-corrected chi connectivity index (χ4v) is 5.33. The van der Waals surface area contributed by atoms with Crippen LogP contribution in [0.1, 0.15) is 28.8 Å². The molecule has 2 heterocycles. The Morgan fingerprint density at radius 3 is 2.46 bits per heavy atom. The summed E-state index contributed by atoms with van der Waals surface area (Å²) in [5.41, 5.74) is 3.79. The first-order valence-electron chi connectivity index (χ1n) is 12.8. The predicted molar refractivity (Wildman–Crippen MR) is 151 cm³/mol. The van der Waals surface area contributed by atoms with Gasteiger partial charge in [-0.1, -0.05) is 90.5 Å². The number of benzene rings is 3. The summed E-state index contributed by atoms with van der Waals surface area (Å²) in [7, 11) is 0. The normalized spacial score (nSPS) is 17.5. The van der Waals surface area contributed by atoms with Crippen LogP contribution in [0.5, 0.6) is 0 Å². The van der Waals surface area contributed by atoms with Crippen LogP contribution >= 0.6 is 11.6 Å². The molecule has 7 nitrogen and oxygen atoms in total. The molecule has 0 unspecified atom stereocenters. The van der Waals surface area contributed by atoms with Gasteiger partial charge in [-0.15, -0.1) is 6.58 Å². The zero-order valence-electron chi connectivity index (χ0n) is 21.3. The van der Waals surface area contributed by atoms with Gasteiger partial charge in [-0.2, -0.15) is 0 Å². The summed E-state index contributed by atoms with van der Waals surface area (Å²) < 4.78 is 0. The third-order valence-corrected chi connectivity index (χ3v) is 7.18. The van der Waals surface area contributed by atoms with Gasteiger partial charge in [0.25, 0.3) is 5.91 Å². The van der Waals surface area contributed by atoms with Crippen molar-refractivity contribution in [2.24, 2.45) is 0 Å². The smallest absolute Gasteiger partial charge is 0.322 e. The van der Waals surface area contributed by atoms with Gasteiger partial charge in [-0.25, -0.2) is 4.79 Å². The van der Waals surface area contributed by atoms with E-state index >= 15 is 0 Å². The van der Waals surface area contributed by atoms with Crippen molar-refractivity contribution in [3.05, 3.63) is 131 Å². The lowest BCUT2D eigenvalue weighted by atomic mass is 9.95. The minimum Gasteiger partial charge on any atom is -0.347 e. The molecule has 0 radical (unpaired) electrons. The second-order valence-electron chi connectivity index (χ2n) is 9.58. The van der Waals surface area contributed by atoms with Gasteiger partial charge < -0.3 is 15.5 Å². The molecule has 0 saturated carbocycles. The first-order valence-corrected chi connectivity index (χ1v) is 13.2. The molecule has 0 bridgehead atoms. The van der Waals surface area contributed by atoms with Crippen molar-refractivity contribution in [1.82, 2.24) is 20.4 Å². The van der Waals surface area contributed by atoms with E-state index in [1.165, 1.54) is 9.80 Å². The lowest BCUT2D eigenvalue weighted by Gasteiger charge is -2.33. The summed E-state index contributed by atoms with van der Waals surface area (Å²) in [5.74, 6) is -0.569. The first kappa shape index (κ1) is 26.3. The molecular weight excluding hydrogens is 512 g/mol. The quantitative estimate of drug-likeness (QED) is 0.383. The van der Waals surface area contributed by atoms with Gasteiger partial charge in [-0.3, -0.25) is 14.5 Å². The number of carbonyl (C=O) groups is 3. The van der Waals surface area contributed by atoms with Gasteiger partial charge in [0.05, 0.1) is 29.9 Å². The number of hydrogen-bond donors (Lipinski definition) is 2. The summed E-state index contributed by atoms with van der Waals surface area (Å²) in [6.07, 6.45) is 2.22. The van der Waals surface area contributed by atoms with E-state index in [9.17, 15) is 14.4 Å². The average Bonchev–Trinajstić information content (AvgIpc) is 3.26. The molecule has 3 aromatic carbocycles. The Kier molecular flexibility index (Phi) is 7.79. The van der Waals surface area contributed by atoms with E-state index in [-0.39, 0.29) is 43.5 Å². The number of nitrogens with one attached hydrogen (secondary N) is 2. The van der Waals surface area contributed by atoms with Crippen molar-refractivity contribution in [3.8, 4) is 0 Å². The number of urea groups is 1. The summed E-state index contributed by atoms with van der Waals surface area (Å²) in [6.45, 7) is 4.00. The van der Waals surface area contributed by atoms with Crippen LogP contribution in [0.25, 0.3) is 0 Å². The molecule has 0 aliphatic carbocycles. The van der Waals surface area contributed by atoms with Crippen LogP contribution in [0.2, 0.25) is 5.02 Å². The molecule has 5 rings (SSSR count). The Bertz CT molecular complexity index is 1420. The minimum atomic E-state index is -0.664. The first-order chi connectivity index (χ1) is 18.9. The van der Waals surface area contributed by atoms with Gasteiger partial charge in [0.15, 0.2) is 0 Å². The standard InChI is InChI=1S/C31H29ClN4O3/c1-2-16-36-26-19-35(30(38)28(26)29(34-31(36)39)23-14-9-15-24(32)18-23)20-27(37)33-25(22-12-7-4-8-13-22)17-21-10-5-3-6-11-21/h2-15,18,25,29H,1,16-17,19-20H2,(H,33,37)(H,34,39)/t25-,29-/m1/s1. The maximum atomic E-state index is 13.7. The molecule has 39 heavy (non-hydrogen) atoms. The Morgan fingerprint density at radius 2 is 1.77 bits per heavy atom. The van der Waals surface area contributed by atoms with E-state index in [1.807, 2.05) is 66.7 Å². The number of halogens is 1. The zero-order valence-corrected chi connectivity index (χ0v) is 22.1. The van der Waals surface area contributed by atoms with Gasteiger partial charge in [0.2, 0.25) is 5.91 Å². The number of carbonyl (C=O) groups excluding carboxylic acids is 3. The third kappa shape index (κ3) is 5.73. The minimum absolute atomic E-state index is 0.137. The average molecular weight is 541 g/mol. The largest absolute Gasteiger partial charge is 0.347 e. The summed E-state index contributed by atoms with van der Waals surface area (Å²) in [6, 6.07) is 25.5. The molecule has 0 spiro atoms. The molecule has 8 heteroatoms. The zero-order chi connectivity index (χ0) is 27.4. The Balaban J connectivity index is 1.37. The molecule has 2 atom stereocenters. The van der Waals surface area contributed by atoms with Gasteiger partial charge >= 0.3 is 6.03 Å². The van der Waals surface area contributed by atoms with Crippen LogP contribution in [-0.2, 0) is 16.0 Å². The number of amides is 4. The Hall–Kier alpha value is -4.36. The summed E-state index contributed by atoms with van der Waals surface area (Å²) >= 11 is 6.21. The highest BCUT2D eigenvalue weighted by Crippen LogP contribution is 2.36. The molecule has 0 fully saturated rings. The van der Waals surface area contributed by atoms with Crippen molar-refractivity contribution in [1.29, 1.82) is 0 Å². The number of hydrogen-bond acceptors (Lipinski definition) is 3. The van der Waals surface area contributed by atoms with Crippen LogP contribution in [0.15, 0.2) is 109 Å². The summed E-state index contributed by atoms with van der Waals surface area (Å²) in [4.78, 5) is 43.0. The maximum Gasteiger partial charge on any atom is 0.322 e. The highest BCUT2D eigenvalue weighted by molar-refractivity contribution is 6.30. The molecule has 2 N–H and O–H groups in total. The monoisotopic (exact) mass is 540 g/mol. The summed E-state index contributed by atoms with van der Waals surface area (Å²) in [5, 5.41) is 6.56. The van der Waals surface area contributed by atoms with Gasteiger partial charge in [-0.05, 0) is 35.2 Å². The van der Waals surface area contributed by atoms with Crippen molar-refractivity contribution in [2.45, 2.75) is 18.5 Å². The van der Waals surface area contributed by atoms with Gasteiger partial charge in [0.1, 0.15) is 6.54 Å². The van der Waals surface area contributed by atoms with Crippen molar-refractivity contribution in [3.63, 3.8) is 0 Å². The van der Waals surface area contributed by atoms with Crippen LogP contribution < -0.4 is 10.6 Å². The number of nitrogens with zero attached hydrogens (tertiary/aromatic N) is 2. The topological polar surface area (TPSA) is 81.8 Å². The highest BCUT2D eigenvalue weighted by Gasteiger charge is 2.44. The van der Waals surface area contributed by atoms with Crippen molar-refractivity contribution < 1.29 is 14.4 Å². The van der Waals surface area contributed by atoms with Gasteiger partial charge in [0, 0.05) is 11.6 Å². The van der Waals surface area contributed by atoms with Crippen LogP contribution in [-0.4, -0.2) is 47.3 Å². The lowest BCUT2D eigenvalue weighted by molar-refractivity contribution is -0.132. The lowest BCUT2D eigenvalue weighted by Crippen LogP contribution is -2.47. The van der Waals surface area contributed by atoms with Crippen molar-refractivity contribution in [2.75, 3.05) is 19.6 Å². The molecule has 2 aliphatic rings. The van der Waals surface area contributed by atoms with Crippen LogP contribution in [0.4, 0.5) is 4.79 Å². The van der Waals surface area contributed by atoms with E-state index in [0.717, 1.165) is 11.1 Å². The molecule has 0 saturated heterocycles. The fraction of sp³-hybridized carbons (Fsp3) is 0.194. The van der Waals surface area contributed by atoms with E-state index in [2.05, 4.69) is 17.2 Å². The fourth-order valence-electron chi connectivity index (χ4n) is 5.14. The van der Waals surface area contributed by atoms with Crippen molar-refractivity contribution >= 4 is 29.4 Å². The SMILES string of the molecule is C=CCN1C(=O)N[C@H](c2cccc(Cl)c2)C2=C1CN(CC(=O)N[C@H](Cc1ccccc1)c1ccccc1)C2=O. The molecular formula is C31H29ClN4O3.